The van der Waals surface area contributed by atoms with Crippen molar-refractivity contribution < 1.29 is 33.4 Å². The highest BCUT2D eigenvalue weighted by Gasteiger charge is 2.67. The highest BCUT2D eigenvalue weighted by atomic mass is 79.9. The topological polar surface area (TPSA) is 110 Å². The number of Topliss-reactive ketones (excluding diaryl/α,β-unsaturated/α-hetero) is 1. The molecule has 0 unspecified atom stereocenters. The van der Waals surface area contributed by atoms with Crippen LogP contribution in [0.15, 0.2) is 72.8 Å². The number of amides is 3. The molecule has 2 saturated carbocycles. The summed E-state index contributed by atoms with van der Waals surface area (Å²) in [6.07, 6.45) is 0.727. The normalized spacial score (nSPS) is 25.1. The zero-order valence-electron chi connectivity index (χ0n) is 23.2. The van der Waals surface area contributed by atoms with Crippen LogP contribution in [0.5, 0.6) is 11.5 Å². The molecule has 3 aromatic rings. The van der Waals surface area contributed by atoms with Gasteiger partial charge in [0.25, 0.3) is 17.7 Å². The van der Waals surface area contributed by atoms with Gasteiger partial charge in [0.05, 0.1) is 24.5 Å². The summed E-state index contributed by atoms with van der Waals surface area (Å²) in [4.78, 5) is 67.5. The predicted octanol–water partition coefficient (Wildman–Crippen LogP) is 5.59. The third-order valence-corrected chi connectivity index (χ3v) is 12.0. The van der Waals surface area contributed by atoms with Crippen LogP contribution in [-0.2, 0) is 9.59 Å². The highest BCUT2D eigenvalue weighted by molar-refractivity contribution is 9.12. The molecule has 9 nitrogen and oxygen atoms in total. The molecule has 3 fully saturated rings. The molecule has 0 aromatic heterocycles. The maximum atomic E-state index is 13.8. The SMILES string of the molecule is COc1cccc(C(=O)Oc2ccc(C(=O)CN(C(=O)c3ccc(Cl)cc3)N3C(=O)[C@@H]4[C@H]5C[C@@H]([C@H](Br)[C@H]5Br)[C@@H]4C3=O)cc2)c1. The van der Waals surface area contributed by atoms with Crippen LogP contribution in [0.3, 0.4) is 0 Å². The smallest absolute Gasteiger partial charge is 0.343 e. The van der Waals surface area contributed by atoms with Crippen LogP contribution < -0.4 is 9.47 Å². The van der Waals surface area contributed by atoms with Crippen molar-refractivity contribution in [3.63, 3.8) is 0 Å². The first kappa shape index (κ1) is 30.5. The van der Waals surface area contributed by atoms with E-state index in [1.807, 2.05) is 0 Å². The number of alkyl halides is 2. The van der Waals surface area contributed by atoms with Crippen molar-refractivity contribution in [1.29, 1.82) is 0 Å². The Hall–Kier alpha value is -3.54. The lowest BCUT2D eigenvalue weighted by Crippen LogP contribution is -2.52. The first-order valence-electron chi connectivity index (χ1n) is 13.8. The number of ketones is 1. The van der Waals surface area contributed by atoms with Crippen molar-refractivity contribution in [2.45, 2.75) is 16.1 Å². The Morgan fingerprint density at radius 2 is 1.43 bits per heavy atom. The van der Waals surface area contributed by atoms with E-state index in [2.05, 4.69) is 31.9 Å². The Labute approximate surface area is 274 Å². The summed E-state index contributed by atoms with van der Waals surface area (Å²) in [7, 11) is 1.49. The van der Waals surface area contributed by atoms with Gasteiger partial charge in [0, 0.05) is 25.8 Å². The van der Waals surface area contributed by atoms with Crippen LogP contribution in [0.2, 0.25) is 5.02 Å². The van der Waals surface area contributed by atoms with E-state index in [1.54, 1.807) is 24.3 Å². The average molecular weight is 745 g/mol. The van der Waals surface area contributed by atoms with Crippen molar-refractivity contribution in [1.82, 2.24) is 10.0 Å². The summed E-state index contributed by atoms with van der Waals surface area (Å²) in [6, 6.07) is 18.3. The fourth-order valence-corrected chi connectivity index (χ4v) is 8.40. The second kappa shape index (κ2) is 12.1. The summed E-state index contributed by atoms with van der Waals surface area (Å²) in [6.45, 7) is -0.563. The summed E-state index contributed by atoms with van der Waals surface area (Å²) < 4.78 is 10.6. The number of hydrogen-bond acceptors (Lipinski definition) is 7. The molecule has 2 bridgehead atoms. The van der Waals surface area contributed by atoms with E-state index in [4.69, 9.17) is 21.1 Å². The zero-order chi connectivity index (χ0) is 31.3. The number of esters is 1. The fourth-order valence-electron chi connectivity index (χ4n) is 6.40. The first-order chi connectivity index (χ1) is 21.1. The Kier molecular flexibility index (Phi) is 8.38. The molecule has 12 heteroatoms. The number of hydrogen-bond donors (Lipinski definition) is 0. The minimum Gasteiger partial charge on any atom is -0.497 e. The number of carbonyl (C=O) groups is 5. The van der Waals surface area contributed by atoms with Gasteiger partial charge >= 0.3 is 5.97 Å². The Bertz CT molecular complexity index is 1630. The molecule has 1 heterocycles. The number of halogens is 3. The molecule has 44 heavy (non-hydrogen) atoms. The van der Waals surface area contributed by atoms with Crippen LogP contribution in [-0.4, -0.2) is 62.8 Å². The number of ether oxygens (including phenoxy) is 2. The monoisotopic (exact) mass is 742 g/mol. The van der Waals surface area contributed by atoms with E-state index in [-0.39, 0.29) is 43.9 Å². The molecule has 226 valence electrons. The number of methoxy groups -OCH3 is 1. The van der Waals surface area contributed by atoms with Gasteiger partial charge < -0.3 is 9.47 Å². The lowest BCUT2D eigenvalue weighted by Gasteiger charge is -2.31. The Balaban J connectivity index is 1.24. The van der Waals surface area contributed by atoms with Gasteiger partial charge in [-0.2, -0.15) is 5.01 Å². The molecule has 0 radical (unpaired) electrons. The number of benzene rings is 3. The van der Waals surface area contributed by atoms with Crippen molar-refractivity contribution >= 4 is 72.9 Å². The second-order valence-corrected chi connectivity index (χ2v) is 13.5. The number of imide groups is 1. The Morgan fingerprint density at radius 3 is 2.02 bits per heavy atom. The van der Waals surface area contributed by atoms with Gasteiger partial charge in [0.15, 0.2) is 5.78 Å². The molecule has 3 aliphatic rings. The van der Waals surface area contributed by atoms with E-state index in [9.17, 15) is 24.0 Å². The van der Waals surface area contributed by atoms with Crippen LogP contribution in [0.4, 0.5) is 0 Å². The molecular weight excluding hydrogens is 720 g/mol. The molecule has 6 rings (SSSR count). The van der Waals surface area contributed by atoms with Gasteiger partial charge in [-0.25, -0.2) is 9.80 Å². The summed E-state index contributed by atoms with van der Waals surface area (Å²) >= 11 is 13.4. The minimum atomic E-state index is -0.682. The van der Waals surface area contributed by atoms with Crippen molar-refractivity contribution in [2.75, 3.05) is 13.7 Å². The fraction of sp³-hybridized carbons (Fsp3) is 0.281. The largest absolute Gasteiger partial charge is 0.497 e. The van der Waals surface area contributed by atoms with Gasteiger partial charge in [0.2, 0.25) is 0 Å². The van der Waals surface area contributed by atoms with Gasteiger partial charge in [-0.05, 0) is 85.0 Å². The molecule has 2 aliphatic carbocycles. The summed E-state index contributed by atoms with van der Waals surface area (Å²) in [5.41, 5.74) is 0.649. The van der Waals surface area contributed by atoms with Gasteiger partial charge in [-0.15, -0.1) is 0 Å². The lowest BCUT2D eigenvalue weighted by molar-refractivity contribution is -0.154. The number of hydrazine groups is 1. The van der Waals surface area contributed by atoms with Crippen molar-refractivity contribution in [2.24, 2.45) is 23.7 Å². The van der Waals surface area contributed by atoms with Crippen LogP contribution in [0, 0.1) is 23.7 Å². The van der Waals surface area contributed by atoms with E-state index in [0.29, 0.717) is 10.8 Å². The number of nitrogens with zero attached hydrogens (tertiary/aromatic N) is 2. The summed E-state index contributed by atoms with van der Waals surface area (Å²) in [5, 5.41) is 2.22. The van der Waals surface area contributed by atoms with E-state index in [1.165, 1.54) is 55.6 Å². The maximum Gasteiger partial charge on any atom is 0.343 e. The number of rotatable bonds is 8. The highest BCUT2D eigenvalue weighted by Crippen LogP contribution is 2.60. The molecule has 3 aromatic carbocycles. The van der Waals surface area contributed by atoms with Crippen LogP contribution in [0.25, 0.3) is 0 Å². The summed E-state index contributed by atoms with van der Waals surface area (Å²) in [5.74, 6) is -3.33. The first-order valence-corrected chi connectivity index (χ1v) is 16.0. The molecule has 1 saturated heterocycles. The third-order valence-electron chi connectivity index (χ3n) is 8.52. The maximum absolute atomic E-state index is 13.8. The van der Waals surface area contributed by atoms with Crippen molar-refractivity contribution in [3.05, 3.63) is 94.5 Å². The molecule has 0 N–H and O–H groups in total. The molecule has 1 aliphatic heterocycles. The number of carbonyl (C=O) groups excluding carboxylic acids is 5. The van der Waals surface area contributed by atoms with Crippen LogP contribution >= 0.6 is 43.5 Å². The quantitative estimate of drug-likeness (QED) is 0.0974. The number of fused-ring (bicyclic) bond motifs is 5. The standard InChI is InChI=1S/C32H25Br2ClN2O7/c1-43-21-4-2-3-18(13-21)32(42)44-20-11-7-16(8-12-20)24(38)15-36(29(39)17-5-9-19(35)10-6-17)37-30(40)25-22-14-23(26(25)31(37)41)28(34)27(22)33/h2-13,22-23,25-28H,14-15H2,1H3/t22-,23-,25-,26+,27+,28+/m1/s1. The Morgan fingerprint density at radius 1 is 0.841 bits per heavy atom. The van der Waals surface area contributed by atoms with Gasteiger partial charge in [-0.3, -0.25) is 19.2 Å². The zero-order valence-corrected chi connectivity index (χ0v) is 27.1. The van der Waals surface area contributed by atoms with E-state index >= 15 is 0 Å². The second-order valence-electron chi connectivity index (χ2n) is 10.9. The van der Waals surface area contributed by atoms with Gasteiger partial charge in [0.1, 0.15) is 18.0 Å². The molecule has 6 atom stereocenters. The minimum absolute atomic E-state index is 0.0176. The van der Waals surface area contributed by atoms with E-state index < -0.39 is 47.9 Å². The van der Waals surface area contributed by atoms with E-state index in [0.717, 1.165) is 16.4 Å². The van der Waals surface area contributed by atoms with Crippen LogP contribution in [0.1, 0.15) is 37.5 Å². The molecule has 3 amide bonds. The lowest BCUT2D eigenvalue weighted by atomic mass is 9.81. The molecular formula is C32H25Br2ClN2O7. The third kappa shape index (κ3) is 5.35. The predicted molar refractivity (Wildman–Crippen MR) is 167 cm³/mol. The molecule has 0 spiro atoms. The average Bonchev–Trinajstić information content (AvgIpc) is 3.65. The van der Waals surface area contributed by atoms with Gasteiger partial charge in [-0.1, -0.05) is 49.5 Å². The van der Waals surface area contributed by atoms with Crippen molar-refractivity contribution in [3.8, 4) is 11.5 Å².